The Hall–Kier alpha value is -2.09. The van der Waals surface area contributed by atoms with Gasteiger partial charge in [-0.05, 0) is 34.7 Å². The molecule has 0 aliphatic rings. The van der Waals surface area contributed by atoms with Crippen molar-refractivity contribution in [2.24, 2.45) is 0 Å². The standard InChI is InChI=1S/C17H18O2/c1-12(2)13-7-9-14(10-8-13)15-5-4-6-16(11-15)17(18)19-3/h4-12H,1-3H3. The second kappa shape index (κ2) is 5.70. The van der Waals surface area contributed by atoms with Gasteiger partial charge in [-0.2, -0.15) is 0 Å². The second-order valence-electron chi connectivity index (χ2n) is 4.85. The number of hydrogen-bond donors (Lipinski definition) is 0. The highest BCUT2D eigenvalue weighted by atomic mass is 16.5. The lowest BCUT2D eigenvalue weighted by Crippen LogP contribution is -2.00. The molecule has 0 spiro atoms. The van der Waals surface area contributed by atoms with Crippen LogP contribution in [0, 0.1) is 0 Å². The van der Waals surface area contributed by atoms with Crippen molar-refractivity contribution < 1.29 is 9.53 Å². The zero-order chi connectivity index (χ0) is 13.8. The number of methoxy groups -OCH3 is 1. The molecule has 19 heavy (non-hydrogen) atoms. The molecule has 0 fully saturated rings. The summed E-state index contributed by atoms with van der Waals surface area (Å²) < 4.78 is 4.74. The van der Waals surface area contributed by atoms with Crippen LogP contribution in [0.25, 0.3) is 11.1 Å². The molecule has 0 aliphatic heterocycles. The summed E-state index contributed by atoms with van der Waals surface area (Å²) in [4.78, 5) is 11.5. The van der Waals surface area contributed by atoms with Gasteiger partial charge >= 0.3 is 5.97 Å². The largest absolute Gasteiger partial charge is 0.465 e. The molecule has 98 valence electrons. The Balaban J connectivity index is 2.33. The average Bonchev–Trinajstić information content (AvgIpc) is 2.46. The summed E-state index contributed by atoms with van der Waals surface area (Å²) in [5.41, 5.74) is 4.02. The maximum absolute atomic E-state index is 11.5. The maximum atomic E-state index is 11.5. The molecule has 0 unspecified atom stereocenters. The Morgan fingerprint density at radius 1 is 1.00 bits per heavy atom. The van der Waals surface area contributed by atoms with Crippen LogP contribution in [0.3, 0.4) is 0 Å². The van der Waals surface area contributed by atoms with E-state index in [1.54, 1.807) is 6.07 Å². The normalized spacial score (nSPS) is 10.5. The van der Waals surface area contributed by atoms with Gasteiger partial charge in [-0.3, -0.25) is 0 Å². The highest BCUT2D eigenvalue weighted by molar-refractivity contribution is 5.90. The Bertz CT molecular complexity index is 568. The van der Waals surface area contributed by atoms with Gasteiger partial charge in [0.05, 0.1) is 12.7 Å². The number of esters is 1. The summed E-state index contributed by atoms with van der Waals surface area (Å²) in [6, 6.07) is 15.9. The van der Waals surface area contributed by atoms with E-state index in [-0.39, 0.29) is 5.97 Å². The predicted octanol–water partition coefficient (Wildman–Crippen LogP) is 4.26. The van der Waals surface area contributed by atoms with E-state index >= 15 is 0 Å². The zero-order valence-corrected chi connectivity index (χ0v) is 11.5. The van der Waals surface area contributed by atoms with Crippen molar-refractivity contribution in [3.05, 3.63) is 59.7 Å². The number of rotatable bonds is 3. The average molecular weight is 254 g/mol. The monoisotopic (exact) mass is 254 g/mol. The van der Waals surface area contributed by atoms with Crippen LogP contribution in [0.15, 0.2) is 48.5 Å². The van der Waals surface area contributed by atoms with Crippen LogP contribution in [0.2, 0.25) is 0 Å². The van der Waals surface area contributed by atoms with Crippen LogP contribution in [0.5, 0.6) is 0 Å². The summed E-state index contributed by atoms with van der Waals surface area (Å²) in [7, 11) is 1.40. The second-order valence-corrected chi connectivity index (χ2v) is 4.85. The van der Waals surface area contributed by atoms with E-state index in [1.165, 1.54) is 12.7 Å². The molecule has 0 N–H and O–H groups in total. The number of hydrogen-bond acceptors (Lipinski definition) is 2. The lowest BCUT2D eigenvalue weighted by Gasteiger charge is -2.08. The molecule has 0 atom stereocenters. The van der Waals surface area contributed by atoms with E-state index in [4.69, 9.17) is 4.74 Å². The Labute approximate surface area is 114 Å². The molecular weight excluding hydrogens is 236 g/mol. The lowest BCUT2D eigenvalue weighted by molar-refractivity contribution is 0.0601. The molecule has 0 aromatic heterocycles. The number of carbonyl (C=O) groups is 1. The molecule has 2 heteroatoms. The molecule has 0 bridgehead atoms. The quantitative estimate of drug-likeness (QED) is 0.765. The van der Waals surface area contributed by atoms with E-state index in [0.717, 1.165) is 11.1 Å². The van der Waals surface area contributed by atoms with Gasteiger partial charge in [0, 0.05) is 0 Å². The maximum Gasteiger partial charge on any atom is 0.337 e. The van der Waals surface area contributed by atoms with Gasteiger partial charge in [0.1, 0.15) is 0 Å². The minimum atomic E-state index is -0.305. The fourth-order valence-corrected chi connectivity index (χ4v) is 2.00. The van der Waals surface area contributed by atoms with Crippen molar-refractivity contribution in [3.63, 3.8) is 0 Å². The van der Waals surface area contributed by atoms with Crippen LogP contribution in [0.4, 0.5) is 0 Å². The van der Waals surface area contributed by atoms with Gasteiger partial charge in [0.25, 0.3) is 0 Å². The summed E-state index contributed by atoms with van der Waals surface area (Å²) in [6.07, 6.45) is 0. The van der Waals surface area contributed by atoms with Gasteiger partial charge in [0.2, 0.25) is 0 Å². The van der Waals surface area contributed by atoms with Crippen LogP contribution in [0.1, 0.15) is 35.7 Å². The van der Waals surface area contributed by atoms with Gasteiger partial charge in [-0.15, -0.1) is 0 Å². The molecule has 2 aromatic rings. The molecule has 0 amide bonds. The summed E-state index contributed by atoms with van der Waals surface area (Å²) >= 11 is 0. The van der Waals surface area contributed by atoms with E-state index in [9.17, 15) is 4.79 Å². The highest BCUT2D eigenvalue weighted by Crippen LogP contribution is 2.23. The first-order valence-corrected chi connectivity index (χ1v) is 6.40. The van der Waals surface area contributed by atoms with Crippen molar-refractivity contribution >= 4 is 5.97 Å². The summed E-state index contributed by atoms with van der Waals surface area (Å²) in [5.74, 6) is 0.219. The number of ether oxygens (including phenoxy) is 1. The third-order valence-electron chi connectivity index (χ3n) is 3.19. The van der Waals surface area contributed by atoms with Gasteiger partial charge < -0.3 is 4.74 Å². The summed E-state index contributed by atoms with van der Waals surface area (Å²) in [5, 5.41) is 0. The third-order valence-corrected chi connectivity index (χ3v) is 3.19. The first-order chi connectivity index (χ1) is 9.11. The molecule has 2 rings (SSSR count). The Kier molecular flexibility index (Phi) is 4.00. The van der Waals surface area contributed by atoms with Gasteiger partial charge in [-0.25, -0.2) is 4.79 Å². The minimum absolute atomic E-state index is 0.305. The first-order valence-electron chi connectivity index (χ1n) is 6.40. The molecule has 2 nitrogen and oxygen atoms in total. The van der Waals surface area contributed by atoms with E-state index in [0.29, 0.717) is 11.5 Å². The molecular formula is C17H18O2. The molecule has 0 radical (unpaired) electrons. The van der Waals surface area contributed by atoms with Crippen molar-refractivity contribution in [1.82, 2.24) is 0 Å². The van der Waals surface area contributed by atoms with E-state index in [1.807, 2.05) is 18.2 Å². The molecule has 0 heterocycles. The Morgan fingerprint density at radius 3 is 2.26 bits per heavy atom. The smallest absolute Gasteiger partial charge is 0.337 e. The van der Waals surface area contributed by atoms with E-state index < -0.39 is 0 Å². The molecule has 0 saturated heterocycles. The topological polar surface area (TPSA) is 26.3 Å². The van der Waals surface area contributed by atoms with Crippen LogP contribution >= 0.6 is 0 Å². The minimum Gasteiger partial charge on any atom is -0.465 e. The van der Waals surface area contributed by atoms with Crippen LogP contribution in [-0.4, -0.2) is 13.1 Å². The molecule has 2 aromatic carbocycles. The zero-order valence-electron chi connectivity index (χ0n) is 11.5. The van der Waals surface area contributed by atoms with E-state index in [2.05, 4.69) is 38.1 Å². The van der Waals surface area contributed by atoms with Crippen LogP contribution < -0.4 is 0 Å². The lowest BCUT2D eigenvalue weighted by atomic mass is 9.98. The van der Waals surface area contributed by atoms with Crippen molar-refractivity contribution in [3.8, 4) is 11.1 Å². The van der Waals surface area contributed by atoms with Gasteiger partial charge in [0.15, 0.2) is 0 Å². The first kappa shape index (κ1) is 13.3. The Morgan fingerprint density at radius 2 is 1.68 bits per heavy atom. The number of carbonyl (C=O) groups excluding carboxylic acids is 1. The van der Waals surface area contributed by atoms with Crippen molar-refractivity contribution in [2.45, 2.75) is 19.8 Å². The highest BCUT2D eigenvalue weighted by Gasteiger charge is 2.07. The van der Waals surface area contributed by atoms with Crippen molar-refractivity contribution in [2.75, 3.05) is 7.11 Å². The number of benzene rings is 2. The third kappa shape index (κ3) is 3.02. The SMILES string of the molecule is COC(=O)c1cccc(-c2ccc(C(C)C)cc2)c1. The van der Waals surface area contributed by atoms with Crippen molar-refractivity contribution in [1.29, 1.82) is 0 Å². The van der Waals surface area contributed by atoms with Gasteiger partial charge in [-0.1, -0.05) is 50.2 Å². The predicted molar refractivity (Wildman–Crippen MR) is 77.3 cm³/mol. The van der Waals surface area contributed by atoms with Crippen LogP contribution in [-0.2, 0) is 4.74 Å². The fraction of sp³-hybridized carbons (Fsp3) is 0.235. The molecule has 0 aliphatic carbocycles. The fourth-order valence-electron chi connectivity index (χ4n) is 2.00. The molecule has 0 saturated carbocycles. The summed E-state index contributed by atoms with van der Waals surface area (Å²) in [6.45, 7) is 4.35.